The van der Waals surface area contributed by atoms with Crippen molar-refractivity contribution in [3.05, 3.63) is 60.2 Å². The molecule has 5 nitrogen and oxygen atoms in total. The van der Waals surface area contributed by atoms with Crippen LogP contribution in [0.1, 0.15) is 38.2 Å². The summed E-state index contributed by atoms with van der Waals surface area (Å²) in [4.78, 5) is 15.9. The van der Waals surface area contributed by atoms with Gasteiger partial charge >= 0.3 is 5.97 Å². The number of aromatic nitrogens is 1. The lowest BCUT2D eigenvalue weighted by Gasteiger charge is -2.08. The lowest BCUT2D eigenvalue weighted by Crippen LogP contribution is -2.04. The minimum atomic E-state index is -0.120. The average Bonchev–Trinajstić information content (AvgIpc) is 3.19. The molecule has 1 heterocycles. The van der Waals surface area contributed by atoms with Gasteiger partial charge in [-0.1, -0.05) is 18.2 Å². The minimum absolute atomic E-state index is 0.120. The van der Waals surface area contributed by atoms with Gasteiger partial charge in [-0.15, -0.1) is 0 Å². The zero-order valence-corrected chi connectivity index (χ0v) is 18.0. The normalized spacial score (nSPS) is 11.2. The van der Waals surface area contributed by atoms with Gasteiger partial charge in [-0.05, 0) is 85.8 Å². The number of unbranched alkanes of at least 4 members (excludes halogenated alkanes) is 2. The molecule has 31 heavy (non-hydrogen) atoms. The molecule has 0 radical (unpaired) electrons. The molecule has 0 saturated heterocycles. The van der Waals surface area contributed by atoms with Crippen molar-refractivity contribution in [2.45, 2.75) is 39.5 Å². The Kier molecular flexibility index (Phi) is 6.51. The molecule has 0 spiro atoms. The number of nitrogens with zero attached hydrogens (tertiary/aromatic N) is 1. The van der Waals surface area contributed by atoms with E-state index in [1.807, 2.05) is 50.2 Å². The van der Waals surface area contributed by atoms with Crippen molar-refractivity contribution < 1.29 is 18.7 Å². The van der Waals surface area contributed by atoms with Gasteiger partial charge in [0.15, 0.2) is 5.58 Å². The number of benzene rings is 3. The Hall–Kier alpha value is -3.34. The minimum Gasteiger partial charge on any atom is -0.494 e. The van der Waals surface area contributed by atoms with Gasteiger partial charge in [0.25, 0.3) is 0 Å². The second-order valence-corrected chi connectivity index (χ2v) is 7.68. The first-order valence-corrected chi connectivity index (χ1v) is 10.8. The summed E-state index contributed by atoms with van der Waals surface area (Å²) in [5.41, 5.74) is 3.78. The molecule has 160 valence electrons. The predicted octanol–water partition coefficient (Wildman–Crippen LogP) is 6.46. The molecule has 3 aromatic carbocycles. The topological polar surface area (TPSA) is 61.6 Å². The molecule has 0 atom stereocenters. The Morgan fingerprint density at radius 1 is 0.968 bits per heavy atom. The van der Waals surface area contributed by atoms with E-state index in [-0.39, 0.29) is 5.97 Å². The van der Waals surface area contributed by atoms with Crippen LogP contribution in [-0.4, -0.2) is 24.2 Å². The van der Waals surface area contributed by atoms with E-state index in [0.29, 0.717) is 25.5 Å². The Morgan fingerprint density at radius 3 is 2.68 bits per heavy atom. The van der Waals surface area contributed by atoms with Crippen LogP contribution in [0, 0.1) is 6.92 Å². The van der Waals surface area contributed by atoms with Crippen LogP contribution in [0.25, 0.3) is 33.3 Å². The third-order valence-electron chi connectivity index (χ3n) is 5.20. The molecule has 0 unspecified atom stereocenters. The Balaban J connectivity index is 1.36. The molecular formula is C26H27NO4. The SMILES string of the molecule is CCOC(=O)CCCCCOc1ccc2cc(-c3nc4ccc(C)cc4o3)ccc2c1. The summed E-state index contributed by atoms with van der Waals surface area (Å²) in [6.45, 7) is 4.95. The number of oxazole rings is 1. The fourth-order valence-electron chi connectivity index (χ4n) is 3.57. The van der Waals surface area contributed by atoms with E-state index < -0.39 is 0 Å². The van der Waals surface area contributed by atoms with E-state index in [4.69, 9.17) is 13.9 Å². The molecule has 0 bridgehead atoms. The monoisotopic (exact) mass is 417 g/mol. The molecule has 0 saturated carbocycles. The second-order valence-electron chi connectivity index (χ2n) is 7.68. The Labute approximate surface area is 182 Å². The maximum Gasteiger partial charge on any atom is 0.305 e. The van der Waals surface area contributed by atoms with Crippen LogP contribution in [0.2, 0.25) is 0 Å². The van der Waals surface area contributed by atoms with Crippen LogP contribution in [0.5, 0.6) is 5.75 Å². The molecule has 5 heteroatoms. The third kappa shape index (κ3) is 5.23. The van der Waals surface area contributed by atoms with E-state index >= 15 is 0 Å². The van der Waals surface area contributed by atoms with E-state index in [9.17, 15) is 4.79 Å². The first-order valence-electron chi connectivity index (χ1n) is 10.8. The maximum atomic E-state index is 11.3. The first kappa shape index (κ1) is 20.9. The van der Waals surface area contributed by atoms with Gasteiger partial charge in [0.2, 0.25) is 5.89 Å². The van der Waals surface area contributed by atoms with E-state index in [1.165, 1.54) is 0 Å². The molecule has 0 N–H and O–H groups in total. The molecule has 0 aliphatic heterocycles. The number of hydrogen-bond acceptors (Lipinski definition) is 5. The van der Waals surface area contributed by atoms with Crippen molar-refractivity contribution >= 4 is 27.8 Å². The van der Waals surface area contributed by atoms with E-state index in [1.54, 1.807) is 0 Å². The number of carbonyl (C=O) groups is 1. The van der Waals surface area contributed by atoms with Crippen molar-refractivity contribution in [2.75, 3.05) is 13.2 Å². The Bertz CT molecular complexity index is 1190. The highest BCUT2D eigenvalue weighted by atomic mass is 16.5. The summed E-state index contributed by atoms with van der Waals surface area (Å²) >= 11 is 0. The molecule has 0 aliphatic rings. The van der Waals surface area contributed by atoms with Gasteiger partial charge in [-0.3, -0.25) is 4.79 Å². The van der Waals surface area contributed by atoms with Crippen molar-refractivity contribution in [3.8, 4) is 17.2 Å². The highest BCUT2D eigenvalue weighted by Gasteiger charge is 2.09. The van der Waals surface area contributed by atoms with Crippen LogP contribution in [0.4, 0.5) is 0 Å². The highest BCUT2D eigenvalue weighted by Crippen LogP contribution is 2.29. The first-order chi connectivity index (χ1) is 15.1. The smallest absolute Gasteiger partial charge is 0.305 e. The quantitative estimate of drug-likeness (QED) is 0.231. The molecule has 0 amide bonds. The van der Waals surface area contributed by atoms with Gasteiger partial charge < -0.3 is 13.9 Å². The fourth-order valence-corrected chi connectivity index (χ4v) is 3.57. The third-order valence-corrected chi connectivity index (χ3v) is 5.20. The summed E-state index contributed by atoms with van der Waals surface area (Å²) in [5.74, 6) is 1.36. The van der Waals surface area contributed by atoms with Crippen LogP contribution in [0.3, 0.4) is 0 Å². The number of esters is 1. The molecule has 0 fully saturated rings. The molecular weight excluding hydrogens is 390 g/mol. The number of hydrogen-bond donors (Lipinski definition) is 0. The van der Waals surface area contributed by atoms with E-state index in [2.05, 4.69) is 23.2 Å². The van der Waals surface area contributed by atoms with Crippen molar-refractivity contribution in [2.24, 2.45) is 0 Å². The predicted molar refractivity (Wildman–Crippen MR) is 122 cm³/mol. The number of ether oxygens (including phenoxy) is 2. The fraction of sp³-hybridized carbons (Fsp3) is 0.308. The van der Waals surface area contributed by atoms with Crippen LogP contribution in [-0.2, 0) is 9.53 Å². The zero-order chi connectivity index (χ0) is 21.6. The van der Waals surface area contributed by atoms with E-state index in [0.717, 1.165) is 58.0 Å². The standard InChI is InChI=1S/C26H27NO4/c1-3-29-25(28)7-5-4-6-14-30-22-12-11-19-16-21(10-9-20(19)17-22)26-27-23-13-8-18(2)15-24(23)31-26/h8-13,15-17H,3-7,14H2,1-2H3. The largest absolute Gasteiger partial charge is 0.494 e. The second kappa shape index (κ2) is 9.65. The zero-order valence-electron chi connectivity index (χ0n) is 18.0. The molecule has 0 aliphatic carbocycles. The maximum absolute atomic E-state index is 11.3. The average molecular weight is 418 g/mol. The van der Waals surface area contributed by atoms with Gasteiger partial charge in [0, 0.05) is 12.0 Å². The number of aryl methyl sites for hydroxylation is 1. The molecule has 4 rings (SSSR count). The summed E-state index contributed by atoms with van der Waals surface area (Å²) < 4.78 is 16.8. The molecule has 4 aromatic rings. The van der Waals surface area contributed by atoms with Crippen LogP contribution in [0.15, 0.2) is 59.0 Å². The number of rotatable bonds is 9. The summed E-state index contributed by atoms with van der Waals surface area (Å²) in [6.07, 6.45) is 3.16. The number of carbonyl (C=O) groups excluding carboxylic acids is 1. The summed E-state index contributed by atoms with van der Waals surface area (Å²) in [6, 6.07) is 18.3. The highest BCUT2D eigenvalue weighted by molar-refractivity contribution is 5.88. The van der Waals surface area contributed by atoms with Gasteiger partial charge in [-0.2, -0.15) is 0 Å². The lowest BCUT2D eigenvalue weighted by atomic mass is 10.1. The van der Waals surface area contributed by atoms with Gasteiger partial charge in [0.05, 0.1) is 13.2 Å². The molecule has 1 aromatic heterocycles. The van der Waals surface area contributed by atoms with Crippen molar-refractivity contribution in [3.63, 3.8) is 0 Å². The summed E-state index contributed by atoms with van der Waals surface area (Å²) in [7, 11) is 0. The summed E-state index contributed by atoms with van der Waals surface area (Å²) in [5, 5.41) is 2.22. The van der Waals surface area contributed by atoms with Gasteiger partial charge in [-0.25, -0.2) is 4.98 Å². The van der Waals surface area contributed by atoms with Crippen molar-refractivity contribution in [1.29, 1.82) is 0 Å². The number of fused-ring (bicyclic) bond motifs is 2. The Morgan fingerprint density at radius 2 is 1.81 bits per heavy atom. The van der Waals surface area contributed by atoms with Crippen molar-refractivity contribution in [1.82, 2.24) is 4.98 Å². The van der Waals surface area contributed by atoms with Gasteiger partial charge in [0.1, 0.15) is 11.3 Å². The lowest BCUT2D eigenvalue weighted by molar-refractivity contribution is -0.143. The van der Waals surface area contributed by atoms with Crippen LogP contribution >= 0.6 is 0 Å². The van der Waals surface area contributed by atoms with Crippen LogP contribution < -0.4 is 4.74 Å².